The molecular weight excluding hydrogens is 220 g/mol. The van der Waals surface area contributed by atoms with Gasteiger partial charge in [-0.05, 0) is 6.42 Å². The van der Waals surface area contributed by atoms with Crippen LogP contribution in [0.4, 0.5) is 0 Å². The predicted molar refractivity (Wildman–Crippen MR) is 60.8 cm³/mol. The number of ether oxygens (including phenoxy) is 1. The average molecular weight is 236 g/mol. The van der Waals surface area contributed by atoms with Crippen LogP contribution in [0.3, 0.4) is 0 Å². The number of carbonyl (C=O) groups excluding carboxylic acids is 1. The number of unbranched alkanes of at least 4 members (excludes halogenated alkanes) is 1. The van der Waals surface area contributed by atoms with Gasteiger partial charge in [0.1, 0.15) is 6.42 Å². The lowest BCUT2D eigenvalue weighted by Gasteiger charge is -2.07. The molecule has 0 radical (unpaired) electrons. The summed E-state index contributed by atoms with van der Waals surface area (Å²) in [7, 11) is 0. The third-order valence-corrected chi connectivity index (χ3v) is 2.64. The molecule has 1 heterocycles. The van der Waals surface area contributed by atoms with E-state index in [0.717, 1.165) is 18.4 Å². The highest BCUT2D eigenvalue weighted by atomic mass is 17.4. The van der Waals surface area contributed by atoms with Gasteiger partial charge in [0.2, 0.25) is 0 Å². The first-order valence-corrected chi connectivity index (χ1v) is 5.85. The second-order valence-electron chi connectivity index (χ2n) is 4.04. The van der Waals surface area contributed by atoms with E-state index >= 15 is 0 Å². The van der Waals surface area contributed by atoms with Gasteiger partial charge in [0.05, 0.1) is 6.61 Å². The van der Waals surface area contributed by atoms with Crippen molar-refractivity contribution in [1.29, 1.82) is 0 Å². The van der Waals surface area contributed by atoms with Crippen molar-refractivity contribution in [2.45, 2.75) is 32.0 Å². The summed E-state index contributed by atoms with van der Waals surface area (Å²) in [5, 5.41) is 0. The van der Waals surface area contributed by atoms with Crippen molar-refractivity contribution in [3.8, 4) is 0 Å². The molecule has 4 heteroatoms. The van der Waals surface area contributed by atoms with Crippen molar-refractivity contribution < 1.29 is 19.3 Å². The Morgan fingerprint density at radius 1 is 1.29 bits per heavy atom. The number of rotatable bonds is 6. The van der Waals surface area contributed by atoms with Crippen molar-refractivity contribution in [2.24, 2.45) is 0 Å². The summed E-state index contributed by atoms with van der Waals surface area (Å²) in [6.07, 6.45) is 1.98. The number of hydrogen-bond donors (Lipinski definition) is 0. The smallest absolute Gasteiger partial charge is 0.311 e. The Hall–Kier alpha value is -1.39. The van der Waals surface area contributed by atoms with E-state index in [2.05, 4.69) is 0 Å². The monoisotopic (exact) mass is 236 g/mol. The molecule has 0 aromatic heterocycles. The van der Waals surface area contributed by atoms with E-state index < -0.39 is 5.79 Å². The Labute approximate surface area is 100 Å². The first-order valence-electron chi connectivity index (χ1n) is 5.85. The van der Waals surface area contributed by atoms with Gasteiger partial charge in [-0.1, -0.05) is 43.7 Å². The van der Waals surface area contributed by atoms with E-state index in [4.69, 9.17) is 14.5 Å². The Kier molecular flexibility index (Phi) is 3.76. The number of carbonyl (C=O) groups is 1. The molecule has 92 valence electrons. The van der Waals surface area contributed by atoms with E-state index in [9.17, 15) is 4.79 Å². The molecule has 17 heavy (non-hydrogen) atoms. The van der Waals surface area contributed by atoms with Crippen LogP contribution in [0.15, 0.2) is 30.3 Å². The van der Waals surface area contributed by atoms with E-state index in [-0.39, 0.29) is 12.4 Å². The molecule has 2 rings (SSSR count). The van der Waals surface area contributed by atoms with Crippen LogP contribution in [0, 0.1) is 0 Å². The van der Waals surface area contributed by atoms with Crippen LogP contribution in [0.1, 0.15) is 31.7 Å². The molecule has 0 N–H and O–H groups in total. The molecule has 0 saturated carbocycles. The van der Waals surface area contributed by atoms with Gasteiger partial charge in [0.15, 0.2) is 0 Å². The summed E-state index contributed by atoms with van der Waals surface area (Å²) >= 11 is 0. The zero-order valence-corrected chi connectivity index (χ0v) is 9.85. The summed E-state index contributed by atoms with van der Waals surface area (Å²) in [5.41, 5.74) is 0.840. The van der Waals surface area contributed by atoms with Crippen LogP contribution in [0.2, 0.25) is 0 Å². The molecule has 0 aliphatic carbocycles. The summed E-state index contributed by atoms with van der Waals surface area (Å²) in [6.45, 7) is 2.51. The maximum Gasteiger partial charge on any atom is 0.311 e. The minimum Gasteiger partial charge on any atom is -0.466 e. The van der Waals surface area contributed by atoms with Gasteiger partial charge in [-0.3, -0.25) is 4.79 Å². The molecule has 1 aliphatic heterocycles. The van der Waals surface area contributed by atoms with Crippen LogP contribution in [0.5, 0.6) is 0 Å². The number of benzene rings is 1. The van der Waals surface area contributed by atoms with Crippen molar-refractivity contribution in [3.05, 3.63) is 35.9 Å². The maximum absolute atomic E-state index is 11.6. The highest BCUT2D eigenvalue weighted by molar-refractivity contribution is 5.71. The van der Waals surface area contributed by atoms with Gasteiger partial charge in [0, 0.05) is 5.56 Å². The SMILES string of the molecule is CCCCOC(=O)CC1(c2ccccc2)OO1. The van der Waals surface area contributed by atoms with Crippen LogP contribution in [-0.4, -0.2) is 12.6 Å². The molecule has 0 amide bonds. The molecule has 0 spiro atoms. The molecule has 4 nitrogen and oxygen atoms in total. The normalized spacial score (nSPS) is 16.5. The average Bonchev–Trinajstić information content (AvgIpc) is 3.12. The number of hydrogen-bond acceptors (Lipinski definition) is 4. The first-order chi connectivity index (χ1) is 8.27. The molecule has 1 saturated heterocycles. The minimum absolute atomic E-state index is 0.0979. The maximum atomic E-state index is 11.6. The van der Waals surface area contributed by atoms with E-state index in [1.807, 2.05) is 37.3 Å². The standard InChI is InChI=1S/C13H16O4/c1-2-3-9-15-12(14)10-13(16-17-13)11-7-5-4-6-8-11/h4-8H,2-3,9-10H2,1H3. The molecule has 0 unspecified atom stereocenters. The lowest BCUT2D eigenvalue weighted by molar-refractivity contribution is -0.145. The van der Waals surface area contributed by atoms with Gasteiger partial charge >= 0.3 is 5.97 Å². The highest BCUT2D eigenvalue weighted by Crippen LogP contribution is 2.43. The van der Waals surface area contributed by atoms with Crippen LogP contribution >= 0.6 is 0 Å². The Bertz CT molecular complexity index is 370. The molecular formula is C13H16O4. The fourth-order valence-corrected chi connectivity index (χ4v) is 1.57. The third kappa shape index (κ3) is 3.05. The van der Waals surface area contributed by atoms with E-state index in [0.29, 0.717) is 6.61 Å². The van der Waals surface area contributed by atoms with E-state index in [1.165, 1.54) is 0 Å². The fraction of sp³-hybridized carbons (Fsp3) is 0.462. The van der Waals surface area contributed by atoms with Gasteiger partial charge < -0.3 is 4.74 Å². The summed E-state index contributed by atoms with van der Waals surface area (Å²) in [6, 6.07) is 9.40. The second kappa shape index (κ2) is 5.29. The van der Waals surface area contributed by atoms with Crippen LogP contribution in [-0.2, 0) is 25.1 Å². The first kappa shape index (κ1) is 12.1. The van der Waals surface area contributed by atoms with Crippen molar-refractivity contribution in [1.82, 2.24) is 0 Å². The lowest BCUT2D eigenvalue weighted by Crippen LogP contribution is -2.17. The summed E-state index contributed by atoms with van der Waals surface area (Å²) in [5.74, 6) is -1.20. The molecule has 1 fully saturated rings. The van der Waals surface area contributed by atoms with E-state index in [1.54, 1.807) is 0 Å². The third-order valence-electron chi connectivity index (χ3n) is 2.64. The van der Waals surface area contributed by atoms with Gasteiger partial charge in [-0.15, -0.1) is 0 Å². The second-order valence-corrected chi connectivity index (χ2v) is 4.04. The molecule has 0 bridgehead atoms. The topological polar surface area (TPSA) is 51.4 Å². The molecule has 0 atom stereocenters. The Morgan fingerprint density at radius 2 is 2.00 bits per heavy atom. The van der Waals surface area contributed by atoms with Gasteiger partial charge in [-0.25, -0.2) is 0 Å². The van der Waals surface area contributed by atoms with Crippen molar-refractivity contribution in [3.63, 3.8) is 0 Å². The van der Waals surface area contributed by atoms with Crippen molar-refractivity contribution in [2.75, 3.05) is 6.61 Å². The molecule has 1 aromatic carbocycles. The van der Waals surface area contributed by atoms with Gasteiger partial charge in [-0.2, -0.15) is 9.78 Å². The predicted octanol–water partition coefficient (Wildman–Crippen LogP) is 2.53. The van der Waals surface area contributed by atoms with Crippen molar-refractivity contribution >= 4 is 5.97 Å². The molecule has 1 aliphatic rings. The van der Waals surface area contributed by atoms with Crippen LogP contribution in [0.25, 0.3) is 0 Å². The quantitative estimate of drug-likeness (QED) is 0.329. The molecule has 1 aromatic rings. The Balaban J connectivity index is 1.88. The van der Waals surface area contributed by atoms with Gasteiger partial charge in [0.25, 0.3) is 5.79 Å². The highest BCUT2D eigenvalue weighted by Gasteiger charge is 2.52. The summed E-state index contributed by atoms with van der Waals surface area (Å²) < 4.78 is 5.08. The zero-order chi connectivity index (χ0) is 12.1. The zero-order valence-electron chi connectivity index (χ0n) is 9.85. The minimum atomic E-state index is -0.912. The fourth-order valence-electron chi connectivity index (χ4n) is 1.57. The lowest BCUT2D eigenvalue weighted by atomic mass is 10.0. The summed E-state index contributed by atoms with van der Waals surface area (Å²) in [4.78, 5) is 21.5. The largest absolute Gasteiger partial charge is 0.466 e. The van der Waals surface area contributed by atoms with Crippen LogP contribution < -0.4 is 0 Å². The number of esters is 1. The Morgan fingerprint density at radius 3 is 2.59 bits per heavy atom.